The molecule has 1 atom stereocenters. The van der Waals surface area contributed by atoms with Crippen molar-refractivity contribution in [2.24, 2.45) is 5.92 Å². The molecule has 47 valence electrons. The van der Waals surface area contributed by atoms with Crippen molar-refractivity contribution in [3.05, 3.63) is 6.17 Å². The number of alkyl halides is 3. The molecule has 0 heterocycles. The van der Waals surface area contributed by atoms with Gasteiger partial charge < -0.3 is 0 Å². The normalized spacial score (nSPS) is 30.8. The summed E-state index contributed by atoms with van der Waals surface area (Å²) in [4.78, 5) is 0. The van der Waals surface area contributed by atoms with Crippen LogP contribution in [0.1, 0.15) is 6.42 Å². The molecule has 0 aliphatic heterocycles. The molecule has 1 fully saturated rings. The molecule has 1 aliphatic carbocycles. The van der Waals surface area contributed by atoms with Crippen molar-refractivity contribution in [1.29, 1.82) is 0 Å². The van der Waals surface area contributed by atoms with Gasteiger partial charge in [-0.2, -0.15) is 13.2 Å². The third-order valence-corrected chi connectivity index (χ3v) is 1.01. The van der Waals surface area contributed by atoms with Crippen LogP contribution in [-0.4, -0.2) is 6.18 Å². The van der Waals surface area contributed by atoms with Crippen LogP contribution < -0.4 is 0 Å². The van der Waals surface area contributed by atoms with E-state index in [0.717, 1.165) is 0 Å². The van der Waals surface area contributed by atoms with E-state index in [1.54, 1.807) is 0 Å². The fourth-order valence-electron chi connectivity index (χ4n) is 0.429. The predicted octanol–water partition coefficient (Wildman–Crippen LogP) is 2.07. The summed E-state index contributed by atoms with van der Waals surface area (Å²) in [5.41, 5.74) is 0. The average Bonchev–Trinajstić information content (AvgIpc) is 2.13. The molecule has 0 aromatic carbocycles. The van der Waals surface area contributed by atoms with Gasteiger partial charge in [0.15, 0.2) is 6.17 Å². The minimum absolute atomic E-state index is 0.413. The lowest BCUT2D eigenvalue weighted by molar-refractivity contribution is -0.147. The van der Waals surface area contributed by atoms with E-state index >= 15 is 0 Å². The molecule has 0 aromatic rings. The van der Waals surface area contributed by atoms with E-state index in [4.69, 9.17) is 0 Å². The van der Waals surface area contributed by atoms with E-state index in [1.165, 1.54) is 0 Å². The predicted molar refractivity (Wildman–Crippen MR) is 18.5 cm³/mol. The van der Waals surface area contributed by atoms with Crippen molar-refractivity contribution in [3.63, 3.8) is 0 Å². The zero-order valence-corrected chi connectivity index (χ0v) is 3.80. The Morgan fingerprint density at radius 1 is 1.38 bits per heavy atom. The molecular formula is C4H3F4. The van der Waals surface area contributed by atoms with E-state index in [1.807, 2.05) is 0 Å². The van der Waals surface area contributed by atoms with Gasteiger partial charge in [-0.3, -0.25) is 0 Å². The largest absolute Gasteiger partial charge is 0.395 e. The van der Waals surface area contributed by atoms with Crippen molar-refractivity contribution >= 4 is 0 Å². The quantitative estimate of drug-likeness (QED) is 0.437. The van der Waals surface area contributed by atoms with Crippen LogP contribution in [0.5, 0.6) is 0 Å². The lowest BCUT2D eigenvalue weighted by Crippen LogP contribution is -2.10. The molecule has 1 rings (SSSR count). The number of hydrogen-bond acceptors (Lipinski definition) is 0. The van der Waals surface area contributed by atoms with Gasteiger partial charge in [-0.15, -0.1) is 0 Å². The molecule has 1 aliphatic rings. The summed E-state index contributed by atoms with van der Waals surface area (Å²) < 4.78 is 45.2. The van der Waals surface area contributed by atoms with Crippen molar-refractivity contribution in [1.82, 2.24) is 0 Å². The molecule has 0 spiro atoms. The van der Waals surface area contributed by atoms with E-state index < -0.39 is 24.7 Å². The highest BCUT2D eigenvalue weighted by atomic mass is 19.4. The van der Waals surface area contributed by atoms with Gasteiger partial charge in [-0.25, -0.2) is 4.39 Å². The van der Waals surface area contributed by atoms with Gasteiger partial charge in [0.2, 0.25) is 0 Å². The number of halogens is 4. The van der Waals surface area contributed by atoms with Gasteiger partial charge >= 0.3 is 6.18 Å². The molecule has 1 radical (unpaired) electrons. The highest BCUT2D eigenvalue weighted by Gasteiger charge is 2.57. The first kappa shape index (κ1) is 5.85. The Kier molecular flexibility index (Phi) is 0.994. The fraction of sp³-hybridized carbons (Fsp3) is 0.750. The molecular weight excluding hydrogens is 124 g/mol. The SMILES string of the molecule is F[C]1CC1C(F)(F)F. The summed E-state index contributed by atoms with van der Waals surface area (Å²) in [5, 5.41) is 0. The standard InChI is InChI=1S/C4H3F4/c5-3-1-2(3)4(6,7)8/h2H,1H2. The monoisotopic (exact) mass is 127 g/mol. The Morgan fingerprint density at radius 3 is 1.75 bits per heavy atom. The molecule has 0 N–H and O–H groups in total. The third-order valence-electron chi connectivity index (χ3n) is 1.01. The molecule has 8 heavy (non-hydrogen) atoms. The van der Waals surface area contributed by atoms with Gasteiger partial charge in [0.25, 0.3) is 0 Å². The summed E-state index contributed by atoms with van der Waals surface area (Å²) in [5.74, 6) is -1.73. The second-order valence-electron chi connectivity index (χ2n) is 1.75. The van der Waals surface area contributed by atoms with Crippen LogP contribution >= 0.6 is 0 Å². The Labute approximate surface area is 43.5 Å². The second kappa shape index (κ2) is 1.36. The molecule has 1 saturated carbocycles. The lowest BCUT2D eigenvalue weighted by atomic mass is 10.4. The number of hydrogen-bond donors (Lipinski definition) is 0. The zero-order valence-electron chi connectivity index (χ0n) is 3.80. The highest BCUT2D eigenvalue weighted by Crippen LogP contribution is 2.52. The Bertz CT molecular complexity index is 94.7. The Hall–Kier alpha value is -0.280. The van der Waals surface area contributed by atoms with Crippen LogP contribution in [0.15, 0.2) is 0 Å². The van der Waals surface area contributed by atoms with Gasteiger partial charge in [0.1, 0.15) is 0 Å². The summed E-state index contributed by atoms with van der Waals surface area (Å²) in [7, 11) is 0. The molecule has 1 unspecified atom stereocenters. The lowest BCUT2D eigenvalue weighted by Gasteiger charge is -1.99. The van der Waals surface area contributed by atoms with Crippen molar-refractivity contribution in [2.45, 2.75) is 12.6 Å². The minimum atomic E-state index is -4.33. The van der Waals surface area contributed by atoms with Crippen molar-refractivity contribution < 1.29 is 17.6 Å². The van der Waals surface area contributed by atoms with Crippen molar-refractivity contribution in [2.75, 3.05) is 0 Å². The van der Waals surface area contributed by atoms with Gasteiger partial charge in [0.05, 0.1) is 5.92 Å². The smallest absolute Gasteiger partial charge is 0.240 e. The van der Waals surface area contributed by atoms with Crippen LogP contribution in [0.25, 0.3) is 0 Å². The molecule has 0 aromatic heterocycles. The maximum Gasteiger partial charge on any atom is 0.395 e. The van der Waals surface area contributed by atoms with Crippen LogP contribution in [0.4, 0.5) is 17.6 Å². The molecule has 0 bridgehead atoms. The fourth-order valence-corrected chi connectivity index (χ4v) is 0.429. The average molecular weight is 127 g/mol. The van der Waals surface area contributed by atoms with Gasteiger partial charge in [0, 0.05) is 0 Å². The molecule has 0 saturated heterocycles. The first-order valence-corrected chi connectivity index (χ1v) is 2.10. The van der Waals surface area contributed by atoms with Gasteiger partial charge in [-0.1, -0.05) is 0 Å². The van der Waals surface area contributed by atoms with E-state index in [-0.39, 0.29) is 0 Å². The molecule has 4 heteroatoms. The van der Waals surface area contributed by atoms with E-state index in [9.17, 15) is 17.6 Å². The van der Waals surface area contributed by atoms with Crippen LogP contribution in [-0.2, 0) is 0 Å². The second-order valence-corrected chi connectivity index (χ2v) is 1.75. The molecule has 0 nitrogen and oxygen atoms in total. The summed E-state index contributed by atoms with van der Waals surface area (Å²) in [6.45, 7) is 0. The van der Waals surface area contributed by atoms with Crippen LogP contribution in [0.2, 0.25) is 0 Å². The van der Waals surface area contributed by atoms with Crippen LogP contribution in [0.3, 0.4) is 0 Å². The summed E-state index contributed by atoms with van der Waals surface area (Å²) in [6, 6.07) is 0. The summed E-state index contributed by atoms with van der Waals surface area (Å²) in [6.07, 6.45) is -5.68. The summed E-state index contributed by atoms with van der Waals surface area (Å²) >= 11 is 0. The van der Waals surface area contributed by atoms with E-state index in [2.05, 4.69) is 0 Å². The highest BCUT2D eigenvalue weighted by molar-refractivity contribution is 5.08. The third kappa shape index (κ3) is 0.928. The Morgan fingerprint density at radius 2 is 1.75 bits per heavy atom. The maximum absolute atomic E-state index is 11.5. The molecule has 0 amide bonds. The first-order chi connectivity index (χ1) is 3.52. The van der Waals surface area contributed by atoms with E-state index in [0.29, 0.717) is 0 Å². The van der Waals surface area contributed by atoms with Crippen molar-refractivity contribution in [3.8, 4) is 0 Å². The van der Waals surface area contributed by atoms with Crippen LogP contribution in [0, 0.1) is 12.1 Å². The maximum atomic E-state index is 11.5. The number of rotatable bonds is 0. The minimum Gasteiger partial charge on any atom is -0.240 e. The van der Waals surface area contributed by atoms with Gasteiger partial charge in [-0.05, 0) is 6.42 Å². The first-order valence-electron chi connectivity index (χ1n) is 2.10. The topological polar surface area (TPSA) is 0 Å². The Balaban J connectivity index is 2.39. The zero-order chi connectivity index (χ0) is 6.36.